The van der Waals surface area contributed by atoms with Crippen LogP contribution in [0, 0.1) is 0 Å². The summed E-state index contributed by atoms with van der Waals surface area (Å²) < 4.78 is 23.0. The van der Waals surface area contributed by atoms with Gasteiger partial charge in [-0.1, -0.05) is 13.8 Å². The molecule has 23 heavy (non-hydrogen) atoms. The van der Waals surface area contributed by atoms with Crippen LogP contribution in [0.1, 0.15) is 26.7 Å². The third kappa shape index (κ3) is 4.67. The molecule has 0 unspecified atom stereocenters. The second-order valence-corrected chi connectivity index (χ2v) is 6.48. The molecule has 1 aromatic carbocycles. The zero-order valence-electron chi connectivity index (χ0n) is 12.9. The van der Waals surface area contributed by atoms with E-state index in [4.69, 9.17) is 5.14 Å². The van der Waals surface area contributed by atoms with Gasteiger partial charge in [0.1, 0.15) is 11.4 Å². The molecule has 0 fully saturated rings. The van der Waals surface area contributed by atoms with Crippen LogP contribution in [0.25, 0.3) is 0 Å². The molecule has 1 rings (SSSR count). The van der Waals surface area contributed by atoms with Gasteiger partial charge < -0.3 is 4.90 Å². The van der Waals surface area contributed by atoms with Crippen LogP contribution < -0.4 is 20.5 Å². The van der Waals surface area contributed by atoms with E-state index >= 15 is 0 Å². The lowest BCUT2D eigenvalue weighted by Crippen LogP contribution is -2.30. The van der Waals surface area contributed by atoms with Crippen LogP contribution in [0.3, 0.4) is 0 Å². The first-order valence-electron chi connectivity index (χ1n) is 6.95. The van der Waals surface area contributed by atoms with E-state index in [-0.39, 0.29) is 27.5 Å². The van der Waals surface area contributed by atoms with E-state index in [9.17, 15) is 29.2 Å². The molecule has 0 spiro atoms. The quantitative estimate of drug-likeness (QED) is 0.434. The molecule has 0 saturated heterocycles. The van der Waals surface area contributed by atoms with Gasteiger partial charge >= 0.3 is 0 Å². The highest BCUT2D eigenvalue weighted by atomic mass is 32.2. The standard InChI is InChI=1S/C12H22N4O6S/c1-3-5-14(6-4-2)12-10(15(17)18)7-9(23(13,21)22)8-11(12)16(19)20/h7-8,17-20H,3-6H2,1-2H3,(H2,13,21,22). The highest BCUT2D eigenvalue weighted by molar-refractivity contribution is 7.89. The number of nitrogens with two attached hydrogens (primary N) is 1. The highest BCUT2D eigenvalue weighted by Crippen LogP contribution is 2.39. The molecule has 0 aliphatic rings. The smallest absolute Gasteiger partial charge is 0.238 e. The number of primary sulfonamides is 1. The number of rotatable bonds is 8. The van der Waals surface area contributed by atoms with Crippen molar-refractivity contribution in [2.45, 2.75) is 31.6 Å². The summed E-state index contributed by atoms with van der Waals surface area (Å²) in [5, 5.41) is 42.2. The molecule has 11 heteroatoms. The maximum Gasteiger partial charge on any atom is 0.238 e. The first-order chi connectivity index (χ1) is 10.6. The van der Waals surface area contributed by atoms with Gasteiger partial charge in [0.25, 0.3) is 0 Å². The van der Waals surface area contributed by atoms with Crippen LogP contribution in [0.4, 0.5) is 17.1 Å². The van der Waals surface area contributed by atoms with Crippen LogP contribution in [0.15, 0.2) is 17.0 Å². The number of benzene rings is 1. The van der Waals surface area contributed by atoms with E-state index in [0.717, 1.165) is 12.1 Å². The summed E-state index contributed by atoms with van der Waals surface area (Å²) in [6.45, 7) is 4.74. The zero-order chi connectivity index (χ0) is 17.8. The van der Waals surface area contributed by atoms with Gasteiger partial charge in [-0.3, -0.25) is 20.8 Å². The fraction of sp³-hybridized carbons (Fsp3) is 0.500. The van der Waals surface area contributed by atoms with E-state index in [1.54, 1.807) is 4.90 Å². The Hall–Kier alpha value is -1.63. The molecule has 1 aromatic rings. The number of nitrogens with zero attached hydrogens (tertiary/aromatic N) is 3. The van der Waals surface area contributed by atoms with Crippen molar-refractivity contribution in [3.63, 3.8) is 0 Å². The monoisotopic (exact) mass is 350 g/mol. The minimum absolute atomic E-state index is 0.0519. The number of hydrogen-bond donors (Lipinski definition) is 5. The van der Waals surface area contributed by atoms with Gasteiger partial charge in [0.15, 0.2) is 0 Å². The molecule has 0 bridgehead atoms. The zero-order valence-corrected chi connectivity index (χ0v) is 13.7. The summed E-state index contributed by atoms with van der Waals surface area (Å²) in [7, 11) is -4.20. The first-order valence-corrected chi connectivity index (χ1v) is 8.49. The summed E-state index contributed by atoms with van der Waals surface area (Å²) in [5.41, 5.74) is -0.640. The Kier molecular flexibility index (Phi) is 6.56. The van der Waals surface area contributed by atoms with Crippen LogP contribution in [0.2, 0.25) is 0 Å². The Balaban J connectivity index is 3.70. The number of sulfonamides is 1. The third-order valence-corrected chi connectivity index (χ3v) is 4.00. The Morgan fingerprint density at radius 2 is 1.35 bits per heavy atom. The second kappa shape index (κ2) is 7.77. The van der Waals surface area contributed by atoms with Gasteiger partial charge in [0.2, 0.25) is 10.0 Å². The first kappa shape index (κ1) is 19.4. The normalized spacial score (nSPS) is 11.4. The average molecular weight is 350 g/mol. The third-order valence-electron chi connectivity index (χ3n) is 3.11. The number of hydrogen-bond acceptors (Lipinski definition) is 9. The molecular weight excluding hydrogens is 328 g/mol. The molecule has 0 amide bonds. The van der Waals surface area contributed by atoms with E-state index in [1.165, 1.54) is 0 Å². The van der Waals surface area contributed by atoms with E-state index in [2.05, 4.69) is 0 Å². The Morgan fingerprint density at radius 1 is 0.957 bits per heavy atom. The summed E-state index contributed by atoms with van der Waals surface area (Å²) in [6.07, 6.45) is 1.40. The Labute approximate surface area is 134 Å². The SMILES string of the molecule is CCCN(CCC)c1c(N(O)O)cc(S(N)(=O)=O)cc1N(O)O. The van der Waals surface area contributed by atoms with Gasteiger partial charge in [-0.05, 0) is 25.0 Å². The summed E-state index contributed by atoms with van der Waals surface area (Å²) >= 11 is 0. The van der Waals surface area contributed by atoms with Gasteiger partial charge in [0, 0.05) is 13.1 Å². The molecule has 0 radical (unpaired) electrons. The molecule has 0 aliphatic heterocycles. The molecule has 0 atom stereocenters. The van der Waals surface area contributed by atoms with Crippen molar-refractivity contribution in [1.29, 1.82) is 0 Å². The van der Waals surface area contributed by atoms with Crippen LogP contribution >= 0.6 is 0 Å². The molecule has 132 valence electrons. The molecule has 0 heterocycles. The molecular formula is C12H22N4O6S. The molecule has 6 N–H and O–H groups in total. The predicted molar refractivity (Wildman–Crippen MR) is 82.7 cm³/mol. The average Bonchev–Trinajstić information content (AvgIpc) is 2.44. The minimum Gasteiger partial charge on any atom is -0.368 e. The fourth-order valence-corrected chi connectivity index (χ4v) is 2.80. The lowest BCUT2D eigenvalue weighted by Gasteiger charge is -2.30. The van der Waals surface area contributed by atoms with Crippen molar-refractivity contribution in [1.82, 2.24) is 0 Å². The lowest BCUT2D eigenvalue weighted by atomic mass is 10.2. The van der Waals surface area contributed by atoms with Gasteiger partial charge in [-0.15, -0.1) is 10.5 Å². The van der Waals surface area contributed by atoms with Gasteiger partial charge in [0.05, 0.1) is 10.6 Å². The molecule has 10 nitrogen and oxygen atoms in total. The van der Waals surface area contributed by atoms with Crippen LogP contribution in [0.5, 0.6) is 0 Å². The molecule has 0 aromatic heterocycles. The van der Waals surface area contributed by atoms with Crippen molar-refractivity contribution in [3.05, 3.63) is 12.1 Å². The summed E-state index contributed by atoms with van der Waals surface area (Å²) in [5.74, 6) is 0. The summed E-state index contributed by atoms with van der Waals surface area (Å²) in [6, 6.07) is 1.88. The molecule has 0 saturated carbocycles. The lowest BCUT2D eigenvalue weighted by molar-refractivity contribution is 0.0263. The Bertz CT molecular complexity index is 599. The van der Waals surface area contributed by atoms with Crippen molar-refractivity contribution >= 4 is 27.1 Å². The van der Waals surface area contributed by atoms with E-state index in [1.807, 2.05) is 13.8 Å². The highest BCUT2D eigenvalue weighted by Gasteiger charge is 2.25. The van der Waals surface area contributed by atoms with Gasteiger partial charge in [-0.25, -0.2) is 13.6 Å². The number of anilines is 3. The predicted octanol–water partition coefficient (Wildman–Crippen LogP) is 1.13. The fourth-order valence-electron chi connectivity index (χ4n) is 2.25. The van der Waals surface area contributed by atoms with Crippen molar-refractivity contribution < 1.29 is 29.2 Å². The summed E-state index contributed by atoms with van der Waals surface area (Å²) in [4.78, 5) is 1.18. The van der Waals surface area contributed by atoms with E-state index < -0.39 is 14.9 Å². The van der Waals surface area contributed by atoms with Crippen molar-refractivity contribution in [2.24, 2.45) is 5.14 Å². The van der Waals surface area contributed by atoms with Crippen molar-refractivity contribution in [2.75, 3.05) is 28.4 Å². The van der Waals surface area contributed by atoms with E-state index in [0.29, 0.717) is 25.9 Å². The van der Waals surface area contributed by atoms with Gasteiger partial charge in [-0.2, -0.15) is 0 Å². The minimum atomic E-state index is -4.20. The molecule has 0 aliphatic carbocycles. The maximum atomic E-state index is 11.5. The topological polar surface area (TPSA) is 151 Å². The maximum absolute atomic E-state index is 11.5. The van der Waals surface area contributed by atoms with Crippen LogP contribution in [-0.2, 0) is 10.0 Å². The Morgan fingerprint density at radius 3 is 1.61 bits per heavy atom. The van der Waals surface area contributed by atoms with Crippen molar-refractivity contribution in [3.8, 4) is 0 Å². The second-order valence-electron chi connectivity index (χ2n) is 4.92. The van der Waals surface area contributed by atoms with Crippen LogP contribution in [-0.4, -0.2) is 42.3 Å². The largest absolute Gasteiger partial charge is 0.368 e.